The van der Waals surface area contributed by atoms with Crippen LogP contribution < -0.4 is 10.6 Å². The Bertz CT molecular complexity index is 369. The molecule has 1 aliphatic rings. The molecule has 0 spiro atoms. The third-order valence-electron chi connectivity index (χ3n) is 2.25. The van der Waals surface area contributed by atoms with Gasteiger partial charge >= 0.3 is 0 Å². The van der Waals surface area contributed by atoms with Gasteiger partial charge in [0, 0.05) is 12.6 Å². The summed E-state index contributed by atoms with van der Waals surface area (Å²) in [7, 11) is 0. The van der Waals surface area contributed by atoms with Crippen LogP contribution in [0.1, 0.15) is 6.42 Å². The predicted molar refractivity (Wildman–Crippen MR) is 49.1 cm³/mol. The van der Waals surface area contributed by atoms with Crippen molar-refractivity contribution in [1.82, 2.24) is 4.98 Å². The maximum absolute atomic E-state index is 12.8. The molecule has 1 aromatic heterocycles. The lowest BCUT2D eigenvalue weighted by atomic mass is 10.3. The van der Waals surface area contributed by atoms with E-state index in [0.717, 1.165) is 6.20 Å². The van der Waals surface area contributed by atoms with Crippen LogP contribution in [0.4, 0.5) is 10.1 Å². The number of nitrogens with two attached hydrogens (primary N) is 1. The number of hydrogen-bond donors (Lipinski definition) is 1. The van der Waals surface area contributed by atoms with E-state index in [1.54, 1.807) is 0 Å². The average molecular weight is 195 g/mol. The summed E-state index contributed by atoms with van der Waals surface area (Å²) in [6.45, 7) is 0.533. The number of hydrogen-bond acceptors (Lipinski definition) is 3. The van der Waals surface area contributed by atoms with Crippen molar-refractivity contribution < 1.29 is 9.18 Å². The number of halogens is 1. The average Bonchev–Trinajstić information content (AvgIpc) is 2.48. The summed E-state index contributed by atoms with van der Waals surface area (Å²) in [4.78, 5) is 16.6. The van der Waals surface area contributed by atoms with Crippen molar-refractivity contribution in [2.24, 2.45) is 5.73 Å². The number of aromatic nitrogens is 1. The lowest BCUT2D eigenvalue weighted by molar-refractivity contribution is -0.118. The van der Waals surface area contributed by atoms with E-state index in [2.05, 4.69) is 4.98 Å². The van der Waals surface area contributed by atoms with Crippen molar-refractivity contribution >= 4 is 11.6 Å². The fourth-order valence-electron chi connectivity index (χ4n) is 1.51. The molecule has 1 saturated heterocycles. The summed E-state index contributed by atoms with van der Waals surface area (Å²) in [5.41, 5.74) is 6.01. The quantitative estimate of drug-likeness (QED) is 0.700. The Morgan fingerprint density at radius 2 is 2.36 bits per heavy atom. The van der Waals surface area contributed by atoms with Crippen molar-refractivity contribution in [1.29, 1.82) is 0 Å². The molecular formula is C9H10FN3O. The van der Waals surface area contributed by atoms with Gasteiger partial charge in [-0.1, -0.05) is 0 Å². The van der Waals surface area contributed by atoms with Crippen LogP contribution in [0.3, 0.4) is 0 Å². The third kappa shape index (κ3) is 1.46. The van der Waals surface area contributed by atoms with Crippen molar-refractivity contribution in [2.75, 3.05) is 11.4 Å². The second kappa shape index (κ2) is 3.34. The van der Waals surface area contributed by atoms with Gasteiger partial charge in [0.25, 0.3) is 0 Å². The summed E-state index contributed by atoms with van der Waals surface area (Å²) in [5, 5.41) is 0. The minimum atomic E-state index is -0.460. The zero-order valence-corrected chi connectivity index (χ0v) is 7.48. The van der Waals surface area contributed by atoms with Gasteiger partial charge in [-0.25, -0.2) is 4.39 Å². The van der Waals surface area contributed by atoms with Crippen LogP contribution in [-0.4, -0.2) is 23.5 Å². The number of nitrogens with zero attached hydrogens (tertiary/aromatic N) is 2. The van der Waals surface area contributed by atoms with E-state index in [-0.39, 0.29) is 5.91 Å². The zero-order chi connectivity index (χ0) is 10.1. The monoisotopic (exact) mass is 195 g/mol. The van der Waals surface area contributed by atoms with Crippen molar-refractivity contribution in [3.8, 4) is 0 Å². The highest BCUT2D eigenvalue weighted by atomic mass is 19.1. The lowest BCUT2D eigenvalue weighted by Crippen LogP contribution is -2.34. The first kappa shape index (κ1) is 9.08. The number of carbonyl (C=O) groups is 1. The molecular weight excluding hydrogens is 185 g/mol. The molecule has 1 aromatic rings. The fourth-order valence-corrected chi connectivity index (χ4v) is 1.51. The molecule has 1 amide bonds. The SMILES string of the molecule is NC1CCN(c2cncc(F)c2)C1=O. The molecule has 0 bridgehead atoms. The van der Waals surface area contributed by atoms with Crippen LogP contribution in [0.2, 0.25) is 0 Å². The molecule has 74 valence electrons. The van der Waals surface area contributed by atoms with Crippen LogP contribution in [0.25, 0.3) is 0 Å². The molecule has 0 aliphatic carbocycles. The highest BCUT2D eigenvalue weighted by Gasteiger charge is 2.29. The highest BCUT2D eigenvalue weighted by Crippen LogP contribution is 2.20. The molecule has 4 nitrogen and oxygen atoms in total. The molecule has 2 rings (SSSR count). The summed E-state index contributed by atoms with van der Waals surface area (Å²) in [6.07, 6.45) is 3.17. The van der Waals surface area contributed by atoms with Gasteiger partial charge in [0.05, 0.1) is 24.1 Å². The maximum atomic E-state index is 12.8. The first-order chi connectivity index (χ1) is 6.68. The number of amides is 1. The summed E-state index contributed by atoms with van der Waals surface area (Å²) in [6, 6.07) is 0.821. The van der Waals surface area contributed by atoms with Gasteiger partial charge in [-0.2, -0.15) is 0 Å². The Kier molecular flexibility index (Phi) is 2.17. The van der Waals surface area contributed by atoms with Crippen LogP contribution in [0.15, 0.2) is 18.5 Å². The van der Waals surface area contributed by atoms with E-state index in [4.69, 9.17) is 5.73 Å². The lowest BCUT2D eigenvalue weighted by Gasteiger charge is -2.15. The highest BCUT2D eigenvalue weighted by molar-refractivity contribution is 5.99. The molecule has 0 saturated carbocycles. The molecule has 2 N–H and O–H groups in total. The van der Waals surface area contributed by atoms with Gasteiger partial charge in [0.15, 0.2) is 0 Å². The minimum Gasteiger partial charge on any atom is -0.320 e. The van der Waals surface area contributed by atoms with E-state index >= 15 is 0 Å². The third-order valence-corrected chi connectivity index (χ3v) is 2.25. The Balaban J connectivity index is 2.28. The summed E-state index contributed by atoms with van der Waals surface area (Å²) >= 11 is 0. The van der Waals surface area contributed by atoms with Crippen LogP contribution in [0, 0.1) is 5.82 Å². The van der Waals surface area contributed by atoms with Gasteiger partial charge < -0.3 is 10.6 Å². The molecule has 0 radical (unpaired) electrons. The van der Waals surface area contributed by atoms with E-state index in [1.165, 1.54) is 17.2 Å². The molecule has 14 heavy (non-hydrogen) atoms. The maximum Gasteiger partial charge on any atom is 0.244 e. The molecule has 1 unspecified atom stereocenters. The largest absolute Gasteiger partial charge is 0.320 e. The first-order valence-electron chi connectivity index (χ1n) is 4.36. The van der Waals surface area contributed by atoms with E-state index < -0.39 is 11.9 Å². The number of pyridine rings is 1. The second-order valence-electron chi connectivity index (χ2n) is 3.25. The van der Waals surface area contributed by atoms with Gasteiger partial charge in [-0.05, 0) is 6.42 Å². The molecule has 1 atom stereocenters. The number of rotatable bonds is 1. The molecule has 2 heterocycles. The predicted octanol–water partition coefficient (Wildman–Crippen LogP) is 0.285. The van der Waals surface area contributed by atoms with Gasteiger partial charge in [0.1, 0.15) is 5.82 Å². The van der Waals surface area contributed by atoms with Crippen molar-refractivity contribution in [3.05, 3.63) is 24.3 Å². The fraction of sp³-hybridized carbons (Fsp3) is 0.333. The smallest absolute Gasteiger partial charge is 0.244 e. The zero-order valence-electron chi connectivity index (χ0n) is 7.48. The normalized spacial score (nSPS) is 21.7. The van der Waals surface area contributed by atoms with Gasteiger partial charge in [-0.3, -0.25) is 9.78 Å². The molecule has 1 aliphatic heterocycles. The van der Waals surface area contributed by atoms with E-state index in [1.807, 2.05) is 0 Å². The molecule has 5 heteroatoms. The Labute approximate surface area is 80.5 Å². The molecule has 1 fully saturated rings. The van der Waals surface area contributed by atoms with E-state index in [9.17, 15) is 9.18 Å². The topological polar surface area (TPSA) is 59.2 Å². The minimum absolute atomic E-state index is 0.169. The van der Waals surface area contributed by atoms with Gasteiger partial charge in [0.2, 0.25) is 5.91 Å². The van der Waals surface area contributed by atoms with Gasteiger partial charge in [-0.15, -0.1) is 0 Å². The van der Waals surface area contributed by atoms with Crippen LogP contribution in [-0.2, 0) is 4.79 Å². The Hall–Kier alpha value is -1.49. The second-order valence-corrected chi connectivity index (χ2v) is 3.25. The van der Waals surface area contributed by atoms with Crippen molar-refractivity contribution in [2.45, 2.75) is 12.5 Å². The first-order valence-corrected chi connectivity index (χ1v) is 4.36. The Morgan fingerprint density at radius 1 is 1.57 bits per heavy atom. The van der Waals surface area contributed by atoms with Crippen molar-refractivity contribution in [3.63, 3.8) is 0 Å². The number of anilines is 1. The molecule has 0 aromatic carbocycles. The van der Waals surface area contributed by atoms with Crippen LogP contribution >= 0.6 is 0 Å². The number of carbonyl (C=O) groups excluding carboxylic acids is 1. The van der Waals surface area contributed by atoms with E-state index in [0.29, 0.717) is 18.7 Å². The standard InChI is InChI=1S/C9H10FN3O/c10-6-3-7(5-12-4-6)13-2-1-8(11)9(13)14/h3-5,8H,1-2,11H2. The summed E-state index contributed by atoms with van der Waals surface area (Å²) in [5.74, 6) is -0.617. The summed E-state index contributed by atoms with van der Waals surface area (Å²) < 4.78 is 12.8. The van der Waals surface area contributed by atoms with Crippen LogP contribution in [0.5, 0.6) is 0 Å². The Morgan fingerprint density at radius 3 is 2.93 bits per heavy atom.